The van der Waals surface area contributed by atoms with Gasteiger partial charge < -0.3 is 5.11 Å². The Morgan fingerprint density at radius 3 is 2.71 bits per heavy atom. The molecule has 0 unspecified atom stereocenters. The number of thiophene rings is 1. The number of rotatable bonds is 4. The number of hydrogen-bond acceptors (Lipinski definition) is 5. The van der Waals surface area contributed by atoms with Crippen molar-refractivity contribution < 1.29 is 13.5 Å². The van der Waals surface area contributed by atoms with E-state index in [1.54, 1.807) is 16.8 Å². The number of aliphatic hydroxyl groups is 1. The summed E-state index contributed by atoms with van der Waals surface area (Å²) in [4.78, 5) is 3.79. The van der Waals surface area contributed by atoms with Crippen molar-refractivity contribution in [3.05, 3.63) is 40.7 Å². The Morgan fingerprint density at radius 2 is 2.18 bits per heavy atom. The Bertz CT molecular complexity index is 577. The van der Waals surface area contributed by atoms with E-state index in [9.17, 15) is 8.42 Å². The molecule has 17 heavy (non-hydrogen) atoms. The van der Waals surface area contributed by atoms with Crippen molar-refractivity contribution in [2.45, 2.75) is 11.6 Å². The molecule has 0 spiro atoms. The van der Waals surface area contributed by atoms with Crippen LogP contribution in [0.1, 0.15) is 5.56 Å². The first-order chi connectivity index (χ1) is 8.12. The molecule has 2 N–H and O–H groups in total. The van der Waals surface area contributed by atoms with E-state index in [-0.39, 0.29) is 11.6 Å². The van der Waals surface area contributed by atoms with Crippen LogP contribution >= 0.6 is 11.3 Å². The summed E-state index contributed by atoms with van der Waals surface area (Å²) >= 11 is 1.40. The molecule has 2 aromatic heterocycles. The van der Waals surface area contributed by atoms with E-state index >= 15 is 0 Å². The van der Waals surface area contributed by atoms with Crippen molar-refractivity contribution in [3.63, 3.8) is 0 Å². The lowest BCUT2D eigenvalue weighted by molar-refractivity contribution is 0.281. The fourth-order valence-electron chi connectivity index (χ4n) is 1.19. The molecule has 7 heteroatoms. The molecule has 0 saturated carbocycles. The minimum absolute atomic E-state index is 0.0686. The molecule has 0 amide bonds. The average molecular weight is 270 g/mol. The summed E-state index contributed by atoms with van der Waals surface area (Å²) in [5.41, 5.74) is 1.09. The van der Waals surface area contributed by atoms with E-state index in [0.717, 1.165) is 0 Å². The molecule has 5 nitrogen and oxygen atoms in total. The number of nitrogens with one attached hydrogen (secondary N) is 1. The molecule has 0 bridgehead atoms. The van der Waals surface area contributed by atoms with Crippen molar-refractivity contribution in [2.24, 2.45) is 0 Å². The lowest BCUT2D eigenvalue weighted by Crippen LogP contribution is -2.14. The first-order valence-corrected chi connectivity index (χ1v) is 7.15. The van der Waals surface area contributed by atoms with E-state index in [2.05, 4.69) is 9.71 Å². The maximum atomic E-state index is 11.9. The first-order valence-electron chi connectivity index (χ1n) is 4.72. The van der Waals surface area contributed by atoms with Gasteiger partial charge in [0.2, 0.25) is 0 Å². The number of pyridine rings is 1. The van der Waals surface area contributed by atoms with Gasteiger partial charge in [0.1, 0.15) is 0 Å². The third-order valence-electron chi connectivity index (χ3n) is 2.03. The van der Waals surface area contributed by atoms with Crippen LogP contribution in [0.5, 0.6) is 0 Å². The van der Waals surface area contributed by atoms with E-state index in [1.807, 2.05) is 0 Å². The second-order valence-corrected chi connectivity index (χ2v) is 5.69. The minimum Gasteiger partial charge on any atom is -0.392 e. The van der Waals surface area contributed by atoms with Gasteiger partial charge in [-0.05, 0) is 23.1 Å². The fourth-order valence-corrected chi connectivity index (χ4v) is 2.84. The summed E-state index contributed by atoms with van der Waals surface area (Å²) in [5.74, 6) is 0. The van der Waals surface area contributed by atoms with E-state index in [4.69, 9.17) is 5.11 Å². The zero-order valence-electron chi connectivity index (χ0n) is 8.70. The molecule has 0 saturated heterocycles. The molecular formula is C10H10N2O3S2. The quantitative estimate of drug-likeness (QED) is 0.881. The van der Waals surface area contributed by atoms with Crippen molar-refractivity contribution in [2.75, 3.05) is 4.72 Å². The normalized spacial score (nSPS) is 11.4. The predicted molar refractivity (Wildman–Crippen MR) is 65.3 cm³/mol. The summed E-state index contributed by atoms with van der Waals surface area (Å²) in [6.07, 6.45) is 1.34. The molecule has 2 heterocycles. The average Bonchev–Trinajstić information content (AvgIpc) is 2.81. The molecule has 0 aliphatic carbocycles. The molecule has 0 fully saturated rings. The first kappa shape index (κ1) is 12.0. The highest BCUT2D eigenvalue weighted by Crippen LogP contribution is 2.17. The van der Waals surface area contributed by atoms with Crippen LogP contribution in [0.25, 0.3) is 0 Å². The monoisotopic (exact) mass is 270 g/mol. The third-order valence-corrected chi connectivity index (χ3v) is 4.01. The highest BCUT2D eigenvalue weighted by atomic mass is 32.2. The molecule has 0 aliphatic heterocycles. The van der Waals surface area contributed by atoms with Gasteiger partial charge in [0.05, 0.1) is 12.3 Å². The van der Waals surface area contributed by atoms with Crippen molar-refractivity contribution in [1.82, 2.24) is 4.98 Å². The Morgan fingerprint density at radius 1 is 1.35 bits per heavy atom. The SMILES string of the molecule is O=S(=O)(Nc1ccsc1)c1ccc(CO)cn1. The topological polar surface area (TPSA) is 79.3 Å². The van der Waals surface area contributed by atoms with Gasteiger partial charge >= 0.3 is 0 Å². The Kier molecular flexibility index (Phi) is 3.41. The summed E-state index contributed by atoms with van der Waals surface area (Å²) in [7, 11) is -3.64. The van der Waals surface area contributed by atoms with Gasteiger partial charge in [0.25, 0.3) is 10.0 Å². The zero-order chi connectivity index (χ0) is 12.3. The van der Waals surface area contributed by atoms with Crippen molar-refractivity contribution in [3.8, 4) is 0 Å². The van der Waals surface area contributed by atoms with Crippen molar-refractivity contribution in [1.29, 1.82) is 0 Å². The Hall–Kier alpha value is -1.44. The van der Waals surface area contributed by atoms with Gasteiger partial charge in [-0.3, -0.25) is 4.72 Å². The smallest absolute Gasteiger partial charge is 0.279 e. The van der Waals surface area contributed by atoms with Crippen LogP contribution in [0.15, 0.2) is 40.2 Å². The van der Waals surface area contributed by atoms with E-state index in [1.165, 1.54) is 29.7 Å². The standard InChI is InChI=1S/C10H10N2O3S2/c13-6-8-1-2-10(11-5-8)17(14,15)12-9-3-4-16-7-9/h1-5,7,12-13H,6H2. The number of nitrogens with zero attached hydrogens (tertiary/aromatic N) is 1. The molecule has 0 aliphatic rings. The summed E-state index contributed by atoms with van der Waals surface area (Å²) in [5, 5.41) is 12.2. The van der Waals surface area contributed by atoms with Crippen LogP contribution in [-0.2, 0) is 16.6 Å². The molecule has 2 rings (SSSR count). The highest BCUT2D eigenvalue weighted by molar-refractivity contribution is 7.92. The van der Waals surface area contributed by atoms with Gasteiger partial charge in [-0.25, -0.2) is 4.98 Å². The van der Waals surface area contributed by atoms with Gasteiger partial charge in [-0.2, -0.15) is 19.8 Å². The predicted octanol–water partition coefficient (Wildman–Crippen LogP) is 1.44. The second-order valence-electron chi connectivity index (χ2n) is 3.28. The zero-order valence-corrected chi connectivity index (χ0v) is 10.3. The summed E-state index contributed by atoms with van der Waals surface area (Å²) in [6, 6.07) is 4.56. The largest absolute Gasteiger partial charge is 0.392 e. The highest BCUT2D eigenvalue weighted by Gasteiger charge is 2.15. The number of aliphatic hydroxyl groups excluding tert-OH is 1. The van der Waals surface area contributed by atoms with Crippen LogP contribution < -0.4 is 4.72 Å². The molecule has 90 valence electrons. The second kappa shape index (κ2) is 4.82. The number of sulfonamides is 1. The maximum absolute atomic E-state index is 11.9. The van der Waals surface area contributed by atoms with Gasteiger partial charge in [-0.15, -0.1) is 0 Å². The van der Waals surface area contributed by atoms with Crippen LogP contribution in [0, 0.1) is 0 Å². The Labute approximate surface area is 103 Å². The molecule has 2 aromatic rings. The number of aromatic nitrogens is 1. The minimum atomic E-state index is -3.64. The van der Waals surface area contributed by atoms with Gasteiger partial charge in [-0.1, -0.05) is 6.07 Å². The van der Waals surface area contributed by atoms with E-state index in [0.29, 0.717) is 11.3 Å². The third kappa shape index (κ3) is 2.82. The molecule has 0 radical (unpaired) electrons. The number of anilines is 1. The molecular weight excluding hydrogens is 260 g/mol. The summed E-state index contributed by atoms with van der Waals surface area (Å²) < 4.78 is 26.1. The lowest BCUT2D eigenvalue weighted by atomic mass is 10.3. The van der Waals surface area contributed by atoms with Crippen LogP contribution in [0.3, 0.4) is 0 Å². The van der Waals surface area contributed by atoms with Crippen molar-refractivity contribution >= 4 is 27.0 Å². The van der Waals surface area contributed by atoms with Gasteiger partial charge in [0, 0.05) is 11.6 Å². The van der Waals surface area contributed by atoms with Gasteiger partial charge in [0.15, 0.2) is 5.03 Å². The lowest BCUT2D eigenvalue weighted by Gasteiger charge is -2.05. The van der Waals surface area contributed by atoms with Crippen LogP contribution in [0.2, 0.25) is 0 Å². The molecule has 0 atom stereocenters. The fraction of sp³-hybridized carbons (Fsp3) is 0.100. The van der Waals surface area contributed by atoms with E-state index < -0.39 is 10.0 Å². The maximum Gasteiger partial charge on any atom is 0.279 e. The summed E-state index contributed by atoms with van der Waals surface area (Å²) in [6.45, 7) is -0.161. The van der Waals surface area contributed by atoms with Crippen LogP contribution in [0.4, 0.5) is 5.69 Å². The Balaban J connectivity index is 2.25. The molecule has 0 aromatic carbocycles. The number of hydrogen-bond donors (Lipinski definition) is 2. The van der Waals surface area contributed by atoms with Crippen LogP contribution in [-0.4, -0.2) is 18.5 Å².